The number of hydrogen-bond donors (Lipinski definition) is 0. The van der Waals surface area contributed by atoms with E-state index < -0.39 is 18.5 Å². The molecule has 0 amide bonds. The lowest BCUT2D eigenvalue weighted by molar-refractivity contribution is 0.109. The van der Waals surface area contributed by atoms with Crippen LogP contribution < -0.4 is 15.4 Å². The summed E-state index contributed by atoms with van der Waals surface area (Å²) in [5.74, 6) is 0.864. The average molecular weight is 428 g/mol. The van der Waals surface area contributed by atoms with E-state index in [2.05, 4.69) is 31.0 Å². The number of anilines is 2. The lowest BCUT2D eigenvalue weighted by atomic mass is 10.1. The third kappa shape index (κ3) is 3.95. The molecular weight excluding hydrogens is 406 g/mol. The number of halogens is 2. The first-order valence-corrected chi connectivity index (χ1v) is 10.3. The molecule has 0 unspecified atom stereocenters. The van der Waals surface area contributed by atoms with Crippen molar-refractivity contribution in [3.05, 3.63) is 52.2 Å². The Morgan fingerprint density at radius 1 is 1.06 bits per heavy atom. The largest absolute Gasteiger partial charge is 0.376 e. The highest BCUT2D eigenvalue weighted by Crippen LogP contribution is 2.24. The van der Waals surface area contributed by atoms with Gasteiger partial charge in [-0.1, -0.05) is 0 Å². The lowest BCUT2D eigenvalue weighted by Crippen LogP contribution is -2.47. The molecule has 5 rings (SSSR count). The Labute approximate surface area is 177 Å². The van der Waals surface area contributed by atoms with Gasteiger partial charge in [0, 0.05) is 43.9 Å². The van der Waals surface area contributed by atoms with Crippen LogP contribution in [0, 0.1) is 0 Å². The average Bonchev–Trinajstić information content (AvgIpc) is 2.80. The van der Waals surface area contributed by atoms with Gasteiger partial charge < -0.3 is 14.5 Å². The zero-order valence-electron chi connectivity index (χ0n) is 16.9. The summed E-state index contributed by atoms with van der Waals surface area (Å²) in [6.45, 7) is 3.77. The van der Waals surface area contributed by atoms with Crippen LogP contribution in [-0.2, 0) is 24.3 Å². The van der Waals surface area contributed by atoms with Gasteiger partial charge in [0.05, 0.1) is 42.7 Å². The number of alkyl halides is 2. The highest BCUT2D eigenvalue weighted by atomic mass is 19.3. The highest BCUT2D eigenvalue weighted by Gasteiger charge is 2.21. The number of piperazine rings is 1. The molecule has 0 spiro atoms. The number of aromatic nitrogens is 4. The first-order chi connectivity index (χ1) is 15.1. The molecule has 1 aromatic carbocycles. The molecule has 8 nitrogen and oxygen atoms in total. The van der Waals surface area contributed by atoms with Crippen molar-refractivity contribution in [3.63, 3.8) is 0 Å². The summed E-state index contributed by atoms with van der Waals surface area (Å²) in [6, 6.07) is 7.43. The second-order valence-electron chi connectivity index (χ2n) is 7.75. The SMILES string of the molecule is O=c1c2ccc(N3CCN(c4cc5c(nn4)CCOC5)CC3)cc2ncn1CC(F)F. The summed E-state index contributed by atoms with van der Waals surface area (Å²) in [6.07, 6.45) is -0.601. The van der Waals surface area contributed by atoms with E-state index in [-0.39, 0.29) is 0 Å². The molecule has 0 radical (unpaired) electrons. The Morgan fingerprint density at radius 2 is 1.87 bits per heavy atom. The summed E-state index contributed by atoms with van der Waals surface area (Å²) >= 11 is 0. The van der Waals surface area contributed by atoms with Crippen molar-refractivity contribution in [2.24, 2.45) is 0 Å². The van der Waals surface area contributed by atoms with Gasteiger partial charge >= 0.3 is 0 Å². The third-order valence-corrected chi connectivity index (χ3v) is 5.80. The van der Waals surface area contributed by atoms with E-state index >= 15 is 0 Å². The second-order valence-corrected chi connectivity index (χ2v) is 7.75. The quantitative estimate of drug-likeness (QED) is 0.628. The molecule has 2 aliphatic heterocycles. The first-order valence-electron chi connectivity index (χ1n) is 10.3. The van der Waals surface area contributed by atoms with Crippen molar-refractivity contribution in [1.82, 2.24) is 19.7 Å². The van der Waals surface area contributed by atoms with Crippen molar-refractivity contribution in [2.75, 3.05) is 42.6 Å². The molecule has 0 N–H and O–H groups in total. The number of hydrogen-bond acceptors (Lipinski definition) is 7. The van der Waals surface area contributed by atoms with E-state index in [0.29, 0.717) is 24.1 Å². The highest BCUT2D eigenvalue weighted by molar-refractivity contribution is 5.81. The van der Waals surface area contributed by atoms with Gasteiger partial charge in [0.25, 0.3) is 12.0 Å². The minimum atomic E-state index is -2.60. The van der Waals surface area contributed by atoms with E-state index in [0.717, 1.165) is 59.9 Å². The van der Waals surface area contributed by atoms with Crippen LogP contribution in [0.25, 0.3) is 10.9 Å². The maximum Gasteiger partial charge on any atom is 0.261 e. The Kier molecular flexibility index (Phi) is 5.23. The monoisotopic (exact) mass is 428 g/mol. The molecule has 1 saturated heterocycles. The summed E-state index contributed by atoms with van der Waals surface area (Å²) < 4.78 is 31.7. The normalized spacial score (nSPS) is 16.7. The van der Waals surface area contributed by atoms with Crippen LogP contribution in [0.3, 0.4) is 0 Å². The molecule has 162 valence electrons. The van der Waals surface area contributed by atoms with Crippen molar-refractivity contribution >= 4 is 22.4 Å². The predicted octanol–water partition coefficient (Wildman–Crippen LogP) is 1.85. The molecule has 4 heterocycles. The van der Waals surface area contributed by atoms with Crippen LogP contribution in [0.2, 0.25) is 0 Å². The fourth-order valence-electron chi connectivity index (χ4n) is 4.10. The zero-order valence-corrected chi connectivity index (χ0v) is 16.9. The Morgan fingerprint density at radius 3 is 2.68 bits per heavy atom. The number of fused-ring (bicyclic) bond motifs is 2. The van der Waals surface area contributed by atoms with Crippen LogP contribution in [0.1, 0.15) is 11.3 Å². The van der Waals surface area contributed by atoms with Crippen LogP contribution in [0.5, 0.6) is 0 Å². The third-order valence-electron chi connectivity index (χ3n) is 5.80. The topological polar surface area (TPSA) is 76.4 Å². The van der Waals surface area contributed by atoms with Crippen LogP contribution in [0.4, 0.5) is 20.3 Å². The fourth-order valence-corrected chi connectivity index (χ4v) is 4.10. The van der Waals surface area contributed by atoms with E-state index in [1.54, 1.807) is 6.07 Å². The van der Waals surface area contributed by atoms with Gasteiger partial charge in [-0.15, -0.1) is 5.10 Å². The Bertz CT molecular complexity index is 1160. The van der Waals surface area contributed by atoms with E-state index in [1.807, 2.05) is 12.1 Å². The number of ether oxygens (including phenoxy) is 1. The fraction of sp³-hybridized carbons (Fsp3) is 0.429. The van der Waals surface area contributed by atoms with Crippen molar-refractivity contribution in [2.45, 2.75) is 26.0 Å². The van der Waals surface area contributed by atoms with E-state index in [1.165, 1.54) is 6.33 Å². The number of rotatable bonds is 4. The molecule has 0 atom stereocenters. The van der Waals surface area contributed by atoms with Gasteiger partial charge in [0.2, 0.25) is 0 Å². The lowest BCUT2D eigenvalue weighted by Gasteiger charge is -2.36. The molecule has 2 aromatic heterocycles. The molecular formula is C21H22F2N6O2. The van der Waals surface area contributed by atoms with Gasteiger partial charge in [-0.2, -0.15) is 5.10 Å². The van der Waals surface area contributed by atoms with Gasteiger partial charge in [-0.25, -0.2) is 13.8 Å². The molecule has 31 heavy (non-hydrogen) atoms. The van der Waals surface area contributed by atoms with Crippen molar-refractivity contribution in [1.29, 1.82) is 0 Å². The maximum atomic E-state index is 12.6. The van der Waals surface area contributed by atoms with Crippen molar-refractivity contribution in [3.8, 4) is 0 Å². The number of benzene rings is 1. The van der Waals surface area contributed by atoms with E-state index in [4.69, 9.17) is 4.74 Å². The molecule has 3 aromatic rings. The zero-order chi connectivity index (χ0) is 21.4. The molecule has 0 bridgehead atoms. The summed E-state index contributed by atoms with van der Waals surface area (Å²) in [5, 5.41) is 9.11. The summed E-state index contributed by atoms with van der Waals surface area (Å²) in [5.41, 5.74) is 3.14. The maximum absolute atomic E-state index is 12.6. The van der Waals surface area contributed by atoms with Gasteiger partial charge in [-0.3, -0.25) is 9.36 Å². The van der Waals surface area contributed by atoms with Gasteiger partial charge in [0.15, 0.2) is 5.82 Å². The van der Waals surface area contributed by atoms with Crippen LogP contribution in [0.15, 0.2) is 35.4 Å². The molecule has 10 heteroatoms. The molecule has 2 aliphatic rings. The second kappa shape index (κ2) is 8.18. The first kappa shape index (κ1) is 19.8. The predicted molar refractivity (Wildman–Crippen MR) is 112 cm³/mol. The molecule has 0 aliphatic carbocycles. The van der Waals surface area contributed by atoms with Gasteiger partial charge in [0.1, 0.15) is 0 Å². The summed E-state index contributed by atoms with van der Waals surface area (Å²) in [4.78, 5) is 21.0. The van der Waals surface area contributed by atoms with Crippen LogP contribution >= 0.6 is 0 Å². The standard InChI is InChI=1S/C21H22F2N6O2/c22-19(23)11-29-13-24-18-10-15(1-2-16(18)21(29)30)27-4-6-28(7-5-27)20-9-14-12-31-8-3-17(14)25-26-20/h1-2,9-10,13,19H,3-8,11-12H2. The minimum Gasteiger partial charge on any atom is -0.376 e. The van der Waals surface area contributed by atoms with E-state index in [9.17, 15) is 13.6 Å². The summed E-state index contributed by atoms with van der Waals surface area (Å²) in [7, 11) is 0. The van der Waals surface area contributed by atoms with Gasteiger partial charge in [-0.05, 0) is 24.3 Å². The molecule has 0 saturated carbocycles. The Balaban J connectivity index is 1.30. The number of nitrogens with zero attached hydrogens (tertiary/aromatic N) is 6. The Hall–Kier alpha value is -3.14. The smallest absolute Gasteiger partial charge is 0.261 e. The van der Waals surface area contributed by atoms with Crippen molar-refractivity contribution < 1.29 is 13.5 Å². The minimum absolute atomic E-state index is 0.345. The van der Waals surface area contributed by atoms with Crippen LogP contribution in [-0.4, -0.2) is 59.0 Å². The molecule has 1 fully saturated rings.